The van der Waals surface area contributed by atoms with Crippen molar-refractivity contribution in [1.82, 2.24) is 19.3 Å². The number of H-pyrrole nitrogens is 1. The maximum absolute atomic E-state index is 5.63. The van der Waals surface area contributed by atoms with E-state index in [1.54, 1.807) is 0 Å². The minimum atomic E-state index is 0.345. The predicted octanol–water partition coefficient (Wildman–Crippen LogP) is 7.42. The summed E-state index contributed by atoms with van der Waals surface area (Å²) in [5, 5.41) is 8.75. The molecule has 5 heteroatoms. The molecule has 0 saturated heterocycles. The highest BCUT2D eigenvalue weighted by atomic mass is 32.1. The zero-order chi connectivity index (χ0) is 21.8. The summed E-state index contributed by atoms with van der Waals surface area (Å²) < 4.78 is 4.95. The fraction of sp³-hybridized carbons (Fsp3) is 0.360. The third-order valence-corrected chi connectivity index (χ3v) is 5.56. The van der Waals surface area contributed by atoms with Gasteiger partial charge >= 0.3 is 0 Å². The number of fused-ring (bicyclic) bond motifs is 1. The Morgan fingerprint density at radius 2 is 1.97 bits per heavy atom. The van der Waals surface area contributed by atoms with E-state index in [1.165, 1.54) is 16.5 Å². The quantitative estimate of drug-likeness (QED) is 0.319. The Hall–Kier alpha value is -2.66. The van der Waals surface area contributed by atoms with E-state index in [0.717, 1.165) is 23.5 Å². The molecule has 4 nitrogen and oxygen atoms in total. The predicted molar refractivity (Wildman–Crippen MR) is 131 cm³/mol. The lowest BCUT2D eigenvalue weighted by molar-refractivity contribution is 0.623. The first kappa shape index (κ1) is 22.0. The van der Waals surface area contributed by atoms with E-state index in [4.69, 9.17) is 12.2 Å². The fourth-order valence-corrected chi connectivity index (χ4v) is 3.93. The number of benzene rings is 1. The van der Waals surface area contributed by atoms with Crippen molar-refractivity contribution < 1.29 is 0 Å². The molecule has 0 aliphatic rings. The molecule has 3 rings (SSSR count). The molecule has 2 heterocycles. The van der Waals surface area contributed by atoms with E-state index in [9.17, 15) is 0 Å². The van der Waals surface area contributed by atoms with Crippen molar-refractivity contribution in [3.63, 3.8) is 0 Å². The van der Waals surface area contributed by atoms with E-state index >= 15 is 0 Å². The maximum Gasteiger partial charge on any atom is 0.200 e. The van der Waals surface area contributed by atoms with Gasteiger partial charge in [-0.2, -0.15) is 5.10 Å². The lowest BCUT2D eigenvalue weighted by Gasteiger charge is -2.13. The summed E-state index contributed by atoms with van der Waals surface area (Å²) in [6.07, 6.45) is 12.0. The van der Waals surface area contributed by atoms with Crippen molar-refractivity contribution in [2.24, 2.45) is 5.92 Å². The van der Waals surface area contributed by atoms with E-state index < -0.39 is 0 Å². The lowest BCUT2D eigenvalue weighted by Crippen LogP contribution is -2.03. The first-order valence-corrected chi connectivity index (χ1v) is 11.0. The van der Waals surface area contributed by atoms with Gasteiger partial charge in [-0.15, -0.1) is 0 Å². The normalized spacial score (nSPS) is 13.5. The molecule has 0 radical (unpaired) electrons. The molecule has 1 unspecified atom stereocenters. The highest BCUT2D eigenvalue weighted by Crippen LogP contribution is 2.28. The summed E-state index contributed by atoms with van der Waals surface area (Å²) in [5.74, 6) is 1.20. The molecule has 0 aliphatic carbocycles. The maximum atomic E-state index is 5.63. The number of nitrogens with zero attached hydrogens (tertiary/aromatic N) is 3. The Morgan fingerprint density at radius 1 is 1.20 bits per heavy atom. The average Bonchev–Trinajstić information content (AvgIpc) is 3.30. The van der Waals surface area contributed by atoms with Crippen LogP contribution in [-0.4, -0.2) is 19.3 Å². The zero-order valence-electron chi connectivity index (χ0n) is 18.8. The third kappa shape index (κ3) is 4.57. The standard InChI is InChI=1S/C25H32N4S/c1-7-20(11-8-10-17(2)3)16-19(6)24-26-27-25(30)29(24)23-13-9-12-22-21(23)14-15-28(22)18(4)5/h8-16,18,20H,7H2,1-6H3,(H,27,30)/b11-8?,19-16+. The largest absolute Gasteiger partial charge is 0.345 e. The van der Waals surface area contributed by atoms with Gasteiger partial charge in [0.25, 0.3) is 0 Å². The zero-order valence-corrected chi connectivity index (χ0v) is 19.6. The molecule has 1 aromatic carbocycles. The van der Waals surface area contributed by atoms with Crippen LogP contribution >= 0.6 is 12.2 Å². The summed E-state index contributed by atoms with van der Waals surface area (Å²) in [5.41, 5.74) is 4.66. The second-order valence-corrected chi connectivity index (χ2v) is 8.65. The molecule has 1 atom stereocenters. The first-order valence-electron chi connectivity index (χ1n) is 10.6. The Morgan fingerprint density at radius 3 is 2.63 bits per heavy atom. The van der Waals surface area contributed by atoms with Crippen molar-refractivity contribution in [3.8, 4) is 5.69 Å². The molecule has 30 heavy (non-hydrogen) atoms. The highest BCUT2D eigenvalue weighted by molar-refractivity contribution is 7.71. The van der Waals surface area contributed by atoms with Gasteiger partial charge in [-0.1, -0.05) is 42.9 Å². The second kappa shape index (κ2) is 9.43. The first-order chi connectivity index (χ1) is 14.3. The molecule has 3 aromatic rings. The summed E-state index contributed by atoms with van der Waals surface area (Å²) in [4.78, 5) is 0. The molecule has 0 saturated carbocycles. The van der Waals surface area contributed by atoms with Crippen LogP contribution in [0.15, 0.2) is 60.3 Å². The molecular weight excluding hydrogens is 388 g/mol. The molecule has 1 N–H and O–H groups in total. The van der Waals surface area contributed by atoms with Crippen LogP contribution < -0.4 is 0 Å². The van der Waals surface area contributed by atoms with Gasteiger partial charge in [-0.3, -0.25) is 9.67 Å². The fourth-order valence-electron chi connectivity index (χ4n) is 3.70. The summed E-state index contributed by atoms with van der Waals surface area (Å²) in [7, 11) is 0. The number of hydrogen-bond acceptors (Lipinski definition) is 2. The van der Waals surface area contributed by atoms with Gasteiger partial charge in [0.05, 0.1) is 11.2 Å². The molecule has 0 spiro atoms. The number of rotatable bonds is 7. The van der Waals surface area contributed by atoms with Crippen molar-refractivity contribution in [2.75, 3.05) is 0 Å². The van der Waals surface area contributed by atoms with E-state index in [2.05, 4.69) is 116 Å². The Bertz CT molecular complexity index is 1160. The van der Waals surface area contributed by atoms with Crippen LogP contribution in [0.25, 0.3) is 22.2 Å². The van der Waals surface area contributed by atoms with Crippen molar-refractivity contribution in [3.05, 3.63) is 70.9 Å². The minimum absolute atomic E-state index is 0.345. The van der Waals surface area contributed by atoms with Gasteiger partial charge in [0.2, 0.25) is 0 Å². The van der Waals surface area contributed by atoms with Crippen molar-refractivity contribution >= 4 is 28.7 Å². The smallest absolute Gasteiger partial charge is 0.200 e. The van der Waals surface area contributed by atoms with Gasteiger partial charge in [0, 0.05) is 17.6 Å². The van der Waals surface area contributed by atoms with Crippen LogP contribution in [0.4, 0.5) is 0 Å². The number of aromatic nitrogens is 4. The van der Waals surface area contributed by atoms with Gasteiger partial charge in [0.15, 0.2) is 10.6 Å². The Balaban J connectivity index is 2.08. The molecule has 2 aromatic heterocycles. The van der Waals surface area contributed by atoms with Crippen LogP contribution in [0, 0.1) is 10.7 Å². The number of allylic oxidation sites excluding steroid dienone is 6. The Labute approximate surface area is 184 Å². The van der Waals surface area contributed by atoms with E-state index in [-0.39, 0.29) is 0 Å². The van der Waals surface area contributed by atoms with Crippen molar-refractivity contribution in [1.29, 1.82) is 0 Å². The summed E-state index contributed by atoms with van der Waals surface area (Å²) in [6.45, 7) is 12.9. The van der Waals surface area contributed by atoms with Gasteiger partial charge < -0.3 is 4.57 Å². The molecule has 0 amide bonds. The van der Waals surface area contributed by atoms with Gasteiger partial charge in [0.1, 0.15) is 0 Å². The third-order valence-electron chi connectivity index (χ3n) is 5.29. The van der Waals surface area contributed by atoms with E-state index in [0.29, 0.717) is 16.7 Å². The molecule has 158 valence electrons. The topological polar surface area (TPSA) is 38.5 Å². The van der Waals surface area contributed by atoms with Crippen LogP contribution in [0.5, 0.6) is 0 Å². The monoisotopic (exact) mass is 420 g/mol. The van der Waals surface area contributed by atoms with Crippen molar-refractivity contribution in [2.45, 2.75) is 54.0 Å². The summed E-state index contributed by atoms with van der Waals surface area (Å²) in [6, 6.07) is 8.92. The summed E-state index contributed by atoms with van der Waals surface area (Å²) >= 11 is 5.63. The molecule has 0 fully saturated rings. The number of aromatic amines is 1. The van der Waals surface area contributed by atoms with Gasteiger partial charge in [-0.25, -0.2) is 0 Å². The van der Waals surface area contributed by atoms with E-state index in [1.807, 2.05) is 0 Å². The molecule has 0 aliphatic heterocycles. The number of nitrogens with one attached hydrogen (secondary N) is 1. The van der Waals surface area contributed by atoms with Crippen LogP contribution in [0.2, 0.25) is 0 Å². The minimum Gasteiger partial charge on any atom is -0.345 e. The van der Waals surface area contributed by atoms with Gasteiger partial charge in [-0.05, 0) is 82.9 Å². The molecular formula is C25H32N4S. The second-order valence-electron chi connectivity index (χ2n) is 8.27. The SMILES string of the molecule is CCC(C=CC=C(C)C)/C=C(\C)c1n[nH]c(=S)n1-c1cccc2c1ccn2C(C)C. The lowest BCUT2D eigenvalue weighted by atomic mass is 10.0. The van der Waals surface area contributed by atoms with Crippen LogP contribution in [0.3, 0.4) is 0 Å². The number of hydrogen-bond donors (Lipinski definition) is 1. The Kier molecular flexibility index (Phi) is 6.93. The van der Waals surface area contributed by atoms with Crippen LogP contribution in [-0.2, 0) is 0 Å². The average molecular weight is 421 g/mol. The molecule has 0 bridgehead atoms. The highest BCUT2D eigenvalue weighted by Gasteiger charge is 2.15. The van der Waals surface area contributed by atoms with Crippen LogP contribution in [0.1, 0.15) is 59.8 Å².